The van der Waals surface area contributed by atoms with Gasteiger partial charge in [0, 0.05) is 5.56 Å². The molecule has 1 heterocycles. The number of benzene rings is 2. The molecule has 2 amide bonds. The van der Waals surface area contributed by atoms with Gasteiger partial charge in [0.25, 0.3) is 5.91 Å². The fraction of sp³-hybridized carbons (Fsp3) is 0.238. The largest absolute Gasteiger partial charge is 0.496 e. The van der Waals surface area contributed by atoms with Crippen LogP contribution in [0, 0.1) is 5.92 Å². The van der Waals surface area contributed by atoms with E-state index in [9.17, 15) is 9.59 Å². The van der Waals surface area contributed by atoms with Gasteiger partial charge in [-0.2, -0.15) is 0 Å². The van der Waals surface area contributed by atoms with Gasteiger partial charge in [-0.15, -0.1) is 10.2 Å². The van der Waals surface area contributed by atoms with Gasteiger partial charge in [-0.3, -0.25) is 14.9 Å². The summed E-state index contributed by atoms with van der Waals surface area (Å²) in [6.07, 6.45) is 0. The first-order chi connectivity index (χ1) is 14.0. The molecule has 150 valence electrons. The van der Waals surface area contributed by atoms with Crippen LogP contribution < -0.4 is 15.4 Å². The van der Waals surface area contributed by atoms with Gasteiger partial charge in [-0.25, -0.2) is 0 Å². The second kappa shape index (κ2) is 9.29. The summed E-state index contributed by atoms with van der Waals surface area (Å²) >= 11 is 1.28. The fourth-order valence-corrected chi connectivity index (χ4v) is 3.49. The molecule has 3 aromatic rings. The van der Waals surface area contributed by atoms with Crippen molar-refractivity contribution in [3.63, 3.8) is 0 Å². The third-order valence-electron chi connectivity index (χ3n) is 4.26. The maximum absolute atomic E-state index is 12.8. The highest BCUT2D eigenvalue weighted by molar-refractivity contribution is 7.18. The second-order valence-corrected chi connectivity index (χ2v) is 7.64. The van der Waals surface area contributed by atoms with E-state index in [0.717, 1.165) is 5.56 Å². The van der Waals surface area contributed by atoms with Crippen LogP contribution in [0.25, 0.3) is 10.6 Å². The van der Waals surface area contributed by atoms with Gasteiger partial charge in [0.05, 0.1) is 12.7 Å². The summed E-state index contributed by atoms with van der Waals surface area (Å²) in [6.45, 7) is 3.73. The highest BCUT2D eigenvalue weighted by Crippen LogP contribution is 2.26. The molecule has 0 fully saturated rings. The van der Waals surface area contributed by atoms with Crippen LogP contribution in [0.5, 0.6) is 5.75 Å². The van der Waals surface area contributed by atoms with Crippen LogP contribution in [-0.4, -0.2) is 35.2 Å². The minimum atomic E-state index is -0.739. The number of hydrogen-bond acceptors (Lipinski definition) is 6. The van der Waals surface area contributed by atoms with Crippen LogP contribution in [0.2, 0.25) is 0 Å². The lowest BCUT2D eigenvalue weighted by atomic mass is 10.0. The van der Waals surface area contributed by atoms with E-state index < -0.39 is 6.04 Å². The van der Waals surface area contributed by atoms with Gasteiger partial charge in [-0.1, -0.05) is 67.6 Å². The van der Waals surface area contributed by atoms with E-state index in [-0.39, 0.29) is 17.7 Å². The normalized spacial score (nSPS) is 11.7. The number of nitrogens with one attached hydrogen (secondary N) is 2. The number of carbonyl (C=O) groups excluding carboxylic acids is 2. The van der Waals surface area contributed by atoms with Crippen molar-refractivity contribution < 1.29 is 14.3 Å². The SMILES string of the molecule is COc1ccccc1C(=O)NC(C(=O)Nc1nnc(-c2ccccc2)s1)C(C)C. The molecular formula is C21H22N4O3S. The zero-order valence-electron chi connectivity index (χ0n) is 16.4. The average Bonchev–Trinajstić information content (AvgIpc) is 3.20. The molecule has 1 unspecified atom stereocenters. The van der Waals surface area contributed by atoms with Gasteiger partial charge in [-0.05, 0) is 18.1 Å². The molecule has 8 heteroatoms. The van der Waals surface area contributed by atoms with Gasteiger partial charge in [0.15, 0.2) is 0 Å². The second-order valence-electron chi connectivity index (χ2n) is 6.66. The first-order valence-electron chi connectivity index (χ1n) is 9.13. The number of methoxy groups -OCH3 is 1. The molecule has 1 aromatic heterocycles. The van der Waals surface area contributed by atoms with Crippen LogP contribution in [0.4, 0.5) is 5.13 Å². The van der Waals surface area contributed by atoms with E-state index in [2.05, 4.69) is 20.8 Å². The lowest BCUT2D eigenvalue weighted by molar-refractivity contribution is -0.118. The lowest BCUT2D eigenvalue weighted by Crippen LogP contribution is -2.47. The Bertz CT molecular complexity index is 988. The van der Waals surface area contributed by atoms with Crippen LogP contribution in [-0.2, 0) is 4.79 Å². The van der Waals surface area contributed by atoms with Crippen LogP contribution in [0.1, 0.15) is 24.2 Å². The molecule has 0 aliphatic rings. The topological polar surface area (TPSA) is 93.2 Å². The molecule has 0 saturated heterocycles. The number of nitrogens with zero attached hydrogens (tertiary/aromatic N) is 2. The van der Waals surface area contributed by atoms with Crippen LogP contribution >= 0.6 is 11.3 Å². The van der Waals surface area contributed by atoms with Crippen molar-refractivity contribution in [1.82, 2.24) is 15.5 Å². The monoisotopic (exact) mass is 410 g/mol. The quantitative estimate of drug-likeness (QED) is 0.621. The van der Waals surface area contributed by atoms with Crippen molar-refractivity contribution in [1.29, 1.82) is 0 Å². The Morgan fingerprint density at radius 2 is 1.69 bits per heavy atom. The van der Waals surface area contributed by atoms with Crippen LogP contribution in [0.15, 0.2) is 54.6 Å². The Kier molecular flexibility index (Phi) is 6.56. The Balaban J connectivity index is 1.72. The highest BCUT2D eigenvalue weighted by atomic mass is 32.1. The van der Waals surface area contributed by atoms with Gasteiger partial charge in [0.1, 0.15) is 16.8 Å². The Hall–Kier alpha value is -3.26. The molecule has 7 nitrogen and oxygen atoms in total. The van der Waals surface area contributed by atoms with E-state index in [0.29, 0.717) is 21.5 Å². The predicted octanol–water partition coefficient (Wildman–Crippen LogP) is 3.61. The maximum Gasteiger partial charge on any atom is 0.255 e. The van der Waals surface area contributed by atoms with Gasteiger partial charge >= 0.3 is 0 Å². The Labute approximate surface area is 173 Å². The van der Waals surface area contributed by atoms with Crippen molar-refractivity contribution in [3.05, 3.63) is 60.2 Å². The van der Waals surface area contributed by atoms with Crippen molar-refractivity contribution in [2.75, 3.05) is 12.4 Å². The number of para-hydroxylation sites is 1. The molecule has 0 saturated carbocycles. The van der Waals surface area contributed by atoms with E-state index in [4.69, 9.17) is 4.74 Å². The summed E-state index contributed by atoms with van der Waals surface area (Å²) in [6, 6.07) is 15.7. The minimum absolute atomic E-state index is 0.129. The first-order valence-corrected chi connectivity index (χ1v) is 9.95. The number of ether oxygens (including phenoxy) is 1. The zero-order valence-corrected chi connectivity index (χ0v) is 17.2. The Morgan fingerprint density at radius 1 is 1.00 bits per heavy atom. The maximum atomic E-state index is 12.8. The number of amides is 2. The van der Waals surface area contributed by atoms with E-state index in [1.165, 1.54) is 18.4 Å². The number of aromatic nitrogens is 2. The van der Waals surface area contributed by atoms with Crippen LogP contribution in [0.3, 0.4) is 0 Å². The summed E-state index contributed by atoms with van der Waals surface area (Å²) in [5, 5.41) is 14.8. The number of hydrogen-bond donors (Lipinski definition) is 2. The van der Waals surface area contributed by atoms with Crippen molar-refractivity contribution in [3.8, 4) is 16.3 Å². The fourth-order valence-electron chi connectivity index (χ4n) is 2.74. The minimum Gasteiger partial charge on any atom is -0.496 e. The molecule has 3 rings (SSSR count). The molecule has 0 aliphatic heterocycles. The van der Waals surface area contributed by atoms with Gasteiger partial charge < -0.3 is 10.1 Å². The third-order valence-corrected chi connectivity index (χ3v) is 5.15. The molecule has 29 heavy (non-hydrogen) atoms. The summed E-state index contributed by atoms with van der Waals surface area (Å²) in [4.78, 5) is 25.5. The summed E-state index contributed by atoms with van der Waals surface area (Å²) in [5.74, 6) is -0.405. The van der Waals surface area contributed by atoms with Crippen molar-refractivity contribution in [2.45, 2.75) is 19.9 Å². The number of rotatable bonds is 7. The van der Waals surface area contributed by atoms with Crippen molar-refractivity contribution >= 4 is 28.3 Å². The molecular weight excluding hydrogens is 388 g/mol. The first kappa shape index (κ1) is 20.5. The van der Waals surface area contributed by atoms with E-state index >= 15 is 0 Å². The molecule has 0 radical (unpaired) electrons. The standard InChI is InChI=1S/C21H22N4O3S/c1-13(2)17(22-18(26)15-11-7-8-12-16(15)28-3)19(27)23-21-25-24-20(29-21)14-9-5-4-6-10-14/h4-13,17H,1-3H3,(H,22,26)(H,23,25,27). The van der Waals surface area contributed by atoms with E-state index in [1.807, 2.05) is 44.2 Å². The van der Waals surface area contributed by atoms with Gasteiger partial charge in [0.2, 0.25) is 11.0 Å². The third kappa shape index (κ3) is 4.97. The summed E-state index contributed by atoms with van der Waals surface area (Å²) in [7, 11) is 1.50. The molecule has 1 atom stereocenters. The predicted molar refractivity (Wildman–Crippen MR) is 113 cm³/mol. The lowest BCUT2D eigenvalue weighted by Gasteiger charge is -2.21. The van der Waals surface area contributed by atoms with Crippen molar-refractivity contribution in [2.24, 2.45) is 5.92 Å². The molecule has 0 spiro atoms. The average molecular weight is 410 g/mol. The smallest absolute Gasteiger partial charge is 0.255 e. The molecule has 0 aliphatic carbocycles. The van der Waals surface area contributed by atoms with E-state index in [1.54, 1.807) is 24.3 Å². The Morgan fingerprint density at radius 3 is 2.38 bits per heavy atom. The zero-order chi connectivity index (χ0) is 20.8. The highest BCUT2D eigenvalue weighted by Gasteiger charge is 2.26. The molecule has 0 bridgehead atoms. The summed E-state index contributed by atoms with van der Waals surface area (Å²) < 4.78 is 5.23. The number of anilines is 1. The summed E-state index contributed by atoms with van der Waals surface area (Å²) in [5.41, 5.74) is 1.30. The molecule has 2 N–H and O–H groups in total. The number of carbonyl (C=O) groups is 2. The molecule has 2 aromatic carbocycles.